The van der Waals surface area contributed by atoms with Gasteiger partial charge < -0.3 is 4.18 Å². The second-order valence-corrected chi connectivity index (χ2v) is 3.07. The summed E-state index contributed by atoms with van der Waals surface area (Å²) in [6, 6.07) is 10.5. The molecule has 0 N–H and O–H groups in total. The second-order valence-electron chi connectivity index (χ2n) is 2.00. The van der Waals surface area contributed by atoms with E-state index < -0.39 is 11.1 Å². The lowest BCUT2D eigenvalue weighted by molar-refractivity contribution is 0.565. The summed E-state index contributed by atoms with van der Waals surface area (Å²) in [5, 5.41) is 8.19. The van der Waals surface area contributed by atoms with Gasteiger partial charge in [0.15, 0.2) is 0 Å². The molecular formula is C8H7NO2S. The number of hydrogen-bond acceptors (Lipinski definition) is 3. The van der Waals surface area contributed by atoms with Crippen molar-refractivity contribution in [1.82, 2.24) is 0 Å². The summed E-state index contributed by atoms with van der Waals surface area (Å²) in [6.07, 6.45) is 0. The highest BCUT2D eigenvalue weighted by Crippen LogP contribution is 2.09. The maximum atomic E-state index is 10.9. The summed E-state index contributed by atoms with van der Waals surface area (Å²) in [5.41, 5.74) is 0. The van der Waals surface area contributed by atoms with Crippen LogP contribution < -0.4 is 4.18 Å². The summed E-state index contributed by atoms with van der Waals surface area (Å²) >= 11 is -1.53. The first-order valence-corrected chi connectivity index (χ1v) is 4.56. The standard InChI is InChI=1S/C8H7NO2S/c9-6-7-12(10)11-8-4-2-1-3-5-8/h1-5H,7H2. The minimum atomic E-state index is -1.53. The normalized spacial score (nSPS) is 11.6. The molecule has 1 aromatic carbocycles. The number of para-hydroxylation sites is 1. The van der Waals surface area contributed by atoms with E-state index in [1.165, 1.54) is 0 Å². The van der Waals surface area contributed by atoms with Gasteiger partial charge in [0, 0.05) is 0 Å². The minimum absolute atomic E-state index is 0.102. The molecule has 0 aromatic heterocycles. The van der Waals surface area contributed by atoms with Crippen LogP contribution in [-0.2, 0) is 11.1 Å². The van der Waals surface area contributed by atoms with Crippen LogP contribution in [0.3, 0.4) is 0 Å². The Balaban J connectivity index is 2.54. The van der Waals surface area contributed by atoms with Gasteiger partial charge in [0.25, 0.3) is 0 Å². The molecule has 1 unspecified atom stereocenters. The summed E-state index contributed by atoms with van der Waals surface area (Å²) in [6.45, 7) is 0. The van der Waals surface area contributed by atoms with E-state index in [2.05, 4.69) is 0 Å². The number of hydrogen-bond donors (Lipinski definition) is 0. The lowest BCUT2D eigenvalue weighted by atomic mass is 10.3. The molecule has 0 aliphatic rings. The summed E-state index contributed by atoms with van der Waals surface area (Å²) in [4.78, 5) is 0. The largest absolute Gasteiger partial charge is 0.400 e. The van der Waals surface area contributed by atoms with Crippen LogP contribution in [0.2, 0.25) is 0 Å². The van der Waals surface area contributed by atoms with E-state index in [4.69, 9.17) is 9.44 Å². The highest BCUT2D eigenvalue weighted by Gasteiger charge is 1.99. The van der Waals surface area contributed by atoms with Gasteiger partial charge in [0.1, 0.15) is 11.5 Å². The lowest BCUT2D eigenvalue weighted by Gasteiger charge is -1.99. The zero-order chi connectivity index (χ0) is 8.81. The number of rotatable bonds is 3. The van der Waals surface area contributed by atoms with E-state index in [0.29, 0.717) is 5.75 Å². The molecule has 0 heterocycles. The molecule has 0 saturated heterocycles. The van der Waals surface area contributed by atoms with Gasteiger partial charge in [-0.1, -0.05) is 18.2 Å². The Morgan fingerprint density at radius 3 is 2.67 bits per heavy atom. The van der Waals surface area contributed by atoms with Gasteiger partial charge in [-0.15, -0.1) is 0 Å². The Kier molecular flexibility index (Phi) is 3.30. The molecule has 0 spiro atoms. The fourth-order valence-corrected chi connectivity index (χ4v) is 1.16. The monoisotopic (exact) mass is 181 g/mol. The topological polar surface area (TPSA) is 50.1 Å². The fourth-order valence-electron chi connectivity index (χ4n) is 0.666. The van der Waals surface area contributed by atoms with Crippen molar-refractivity contribution in [3.8, 4) is 11.8 Å². The Labute approximate surface area is 73.3 Å². The summed E-state index contributed by atoms with van der Waals surface area (Å²) in [5.74, 6) is 0.417. The molecule has 1 atom stereocenters. The van der Waals surface area contributed by atoms with E-state index in [1.54, 1.807) is 30.3 Å². The van der Waals surface area contributed by atoms with Crippen LogP contribution in [0.15, 0.2) is 30.3 Å². The fraction of sp³-hybridized carbons (Fsp3) is 0.125. The minimum Gasteiger partial charge on any atom is -0.400 e. The van der Waals surface area contributed by atoms with Crippen LogP contribution in [0.5, 0.6) is 5.75 Å². The molecule has 62 valence electrons. The Bertz CT molecular complexity index is 305. The van der Waals surface area contributed by atoms with Crippen LogP contribution in [-0.4, -0.2) is 9.96 Å². The molecule has 0 aliphatic heterocycles. The molecule has 1 rings (SSSR count). The molecule has 1 aromatic rings. The highest BCUT2D eigenvalue weighted by molar-refractivity contribution is 7.80. The van der Waals surface area contributed by atoms with E-state index in [1.807, 2.05) is 6.07 Å². The van der Waals surface area contributed by atoms with Crippen molar-refractivity contribution in [3.05, 3.63) is 30.3 Å². The number of nitrogens with zero attached hydrogens (tertiary/aromatic N) is 1. The predicted octanol–water partition coefficient (Wildman–Crippen LogP) is 1.25. The first kappa shape index (κ1) is 8.75. The van der Waals surface area contributed by atoms with E-state index >= 15 is 0 Å². The van der Waals surface area contributed by atoms with Crippen LogP contribution >= 0.6 is 0 Å². The molecule has 12 heavy (non-hydrogen) atoms. The average molecular weight is 181 g/mol. The zero-order valence-corrected chi connectivity index (χ0v) is 7.08. The maximum Gasteiger partial charge on any atom is 0.221 e. The van der Waals surface area contributed by atoms with Crippen LogP contribution in [0.25, 0.3) is 0 Å². The molecule has 0 bridgehead atoms. The molecule has 0 aliphatic carbocycles. The molecule has 3 nitrogen and oxygen atoms in total. The average Bonchev–Trinajstić information content (AvgIpc) is 2.06. The molecule has 0 amide bonds. The third-order valence-corrected chi connectivity index (χ3v) is 1.86. The van der Waals surface area contributed by atoms with Gasteiger partial charge >= 0.3 is 0 Å². The Hall–Kier alpha value is -1.34. The Morgan fingerprint density at radius 2 is 2.08 bits per heavy atom. The SMILES string of the molecule is N#CCS(=O)Oc1ccccc1. The molecule has 0 radical (unpaired) electrons. The van der Waals surface area contributed by atoms with E-state index in [-0.39, 0.29) is 5.75 Å². The van der Waals surface area contributed by atoms with Crippen LogP contribution in [0, 0.1) is 11.3 Å². The third kappa shape index (κ3) is 2.72. The van der Waals surface area contributed by atoms with Crippen LogP contribution in [0.1, 0.15) is 0 Å². The molecule has 4 heteroatoms. The zero-order valence-electron chi connectivity index (χ0n) is 6.27. The van der Waals surface area contributed by atoms with Gasteiger partial charge in [-0.3, -0.25) is 0 Å². The maximum absolute atomic E-state index is 10.9. The van der Waals surface area contributed by atoms with Crippen molar-refractivity contribution in [2.24, 2.45) is 0 Å². The number of nitriles is 1. The summed E-state index contributed by atoms with van der Waals surface area (Å²) in [7, 11) is 0. The van der Waals surface area contributed by atoms with E-state index in [0.717, 1.165) is 0 Å². The molecule has 0 fully saturated rings. The first-order chi connectivity index (χ1) is 5.83. The second kappa shape index (κ2) is 4.52. The van der Waals surface area contributed by atoms with Crippen molar-refractivity contribution in [2.75, 3.05) is 5.75 Å². The van der Waals surface area contributed by atoms with Crippen molar-refractivity contribution in [1.29, 1.82) is 5.26 Å². The quantitative estimate of drug-likeness (QED) is 0.705. The smallest absolute Gasteiger partial charge is 0.221 e. The molecular weight excluding hydrogens is 174 g/mol. The van der Waals surface area contributed by atoms with Crippen molar-refractivity contribution >= 4 is 11.1 Å². The lowest BCUT2D eigenvalue weighted by Crippen LogP contribution is -2.02. The highest BCUT2D eigenvalue weighted by atomic mass is 32.2. The molecule has 0 saturated carbocycles. The predicted molar refractivity (Wildman–Crippen MR) is 45.7 cm³/mol. The van der Waals surface area contributed by atoms with Gasteiger partial charge in [0.05, 0.1) is 6.07 Å². The number of benzene rings is 1. The van der Waals surface area contributed by atoms with Crippen molar-refractivity contribution in [2.45, 2.75) is 0 Å². The third-order valence-electron chi connectivity index (χ3n) is 1.11. The van der Waals surface area contributed by atoms with Crippen molar-refractivity contribution in [3.63, 3.8) is 0 Å². The van der Waals surface area contributed by atoms with Gasteiger partial charge in [-0.25, -0.2) is 4.21 Å². The Morgan fingerprint density at radius 1 is 1.42 bits per heavy atom. The van der Waals surface area contributed by atoms with Gasteiger partial charge in [0.2, 0.25) is 11.1 Å². The first-order valence-electron chi connectivity index (χ1n) is 3.31. The van der Waals surface area contributed by atoms with Gasteiger partial charge in [-0.05, 0) is 12.1 Å². The van der Waals surface area contributed by atoms with Crippen LogP contribution in [0.4, 0.5) is 0 Å². The van der Waals surface area contributed by atoms with Gasteiger partial charge in [-0.2, -0.15) is 5.26 Å². The van der Waals surface area contributed by atoms with Crippen molar-refractivity contribution < 1.29 is 8.39 Å². The summed E-state index contributed by atoms with van der Waals surface area (Å²) < 4.78 is 15.8. The van der Waals surface area contributed by atoms with E-state index in [9.17, 15) is 4.21 Å².